The molecule has 2 fully saturated rings. The van der Waals surface area contributed by atoms with Crippen LogP contribution in [-0.2, 0) is 4.74 Å². The van der Waals surface area contributed by atoms with Gasteiger partial charge in [0.2, 0.25) is 0 Å². The Kier molecular flexibility index (Phi) is 5.49. The van der Waals surface area contributed by atoms with E-state index in [0.29, 0.717) is 5.92 Å². The first-order valence-electron chi connectivity index (χ1n) is 7.78. The minimum atomic E-state index is -0.289. The molecule has 1 amide bonds. The van der Waals surface area contributed by atoms with E-state index in [-0.39, 0.29) is 12.1 Å². The molecule has 110 valence electrons. The molecule has 0 radical (unpaired) electrons. The van der Waals surface area contributed by atoms with Gasteiger partial charge in [0, 0.05) is 25.7 Å². The summed E-state index contributed by atoms with van der Waals surface area (Å²) < 4.78 is 4.72. The Bertz CT molecular complexity index is 290. The second-order valence-electron chi connectivity index (χ2n) is 6.21. The van der Waals surface area contributed by atoms with Gasteiger partial charge < -0.3 is 15.0 Å². The van der Waals surface area contributed by atoms with Crippen LogP contribution in [0.5, 0.6) is 0 Å². The topological polar surface area (TPSA) is 41.6 Å². The van der Waals surface area contributed by atoms with Crippen LogP contribution in [0.15, 0.2) is 0 Å². The summed E-state index contributed by atoms with van der Waals surface area (Å²) in [6, 6.07) is 0.257. The maximum atomic E-state index is 11.4. The van der Waals surface area contributed by atoms with Gasteiger partial charge in [-0.05, 0) is 31.1 Å². The second-order valence-corrected chi connectivity index (χ2v) is 6.21. The van der Waals surface area contributed by atoms with Crippen LogP contribution in [0.4, 0.5) is 4.79 Å². The van der Waals surface area contributed by atoms with Gasteiger partial charge in [0.25, 0.3) is 0 Å². The SMILES string of the molecule is CCC1CC(NC(=O)OC)CN(CC2CCCC2)C1. The zero-order valence-corrected chi connectivity index (χ0v) is 12.4. The molecule has 0 bridgehead atoms. The Hall–Kier alpha value is -0.770. The van der Waals surface area contributed by atoms with E-state index in [1.54, 1.807) is 0 Å². The molecule has 2 atom stereocenters. The first-order valence-corrected chi connectivity index (χ1v) is 7.78. The number of carbonyl (C=O) groups is 1. The number of hydrogen-bond donors (Lipinski definition) is 1. The summed E-state index contributed by atoms with van der Waals surface area (Å²) in [6.45, 7) is 5.66. The number of nitrogens with one attached hydrogen (secondary N) is 1. The van der Waals surface area contributed by atoms with Gasteiger partial charge in [-0.15, -0.1) is 0 Å². The monoisotopic (exact) mass is 268 g/mol. The molecule has 0 aromatic carbocycles. The Labute approximate surface area is 116 Å². The Morgan fingerprint density at radius 2 is 2.00 bits per heavy atom. The number of ether oxygens (including phenoxy) is 1. The van der Waals surface area contributed by atoms with Crippen molar-refractivity contribution in [3.63, 3.8) is 0 Å². The van der Waals surface area contributed by atoms with E-state index in [9.17, 15) is 4.79 Å². The molecular weight excluding hydrogens is 240 g/mol. The first kappa shape index (κ1) is 14.6. The van der Waals surface area contributed by atoms with Crippen molar-refractivity contribution in [2.75, 3.05) is 26.7 Å². The van der Waals surface area contributed by atoms with Crippen molar-refractivity contribution in [3.8, 4) is 0 Å². The van der Waals surface area contributed by atoms with Gasteiger partial charge in [0.15, 0.2) is 0 Å². The van der Waals surface area contributed by atoms with E-state index in [4.69, 9.17) is 4.74 Å². The molecule has 2 unspecified atom stereocenters. The molecule has 0 spiro atoms. The Morgan fingerprint density at radius 1 is 1.26 bits per heavy atom. The minimum Gasteiger partial charge on any atom is -0.453 e. The number of alkyl carbamates (subject to hydrolysis) is 1. The molecule has 1 aliphatic heterocycles. The van der Waals surface area contributed by atoms with Crippen LogP contribution >= 0.6 is 0 Å². The van der Waals surface area contributed by atoms with Gasteiger partial charge in [-0.2, -0.15) is 0 Å². The number of rotatable bonds is 4. The summed E-state index contributed by atoms with van der Waals surface area (Å²) in [5.41, 5.74) is 0. The fraction of sp³-hybridized carbons (Fsp3) is 0.933. The van der Waals surface area contributed by atoms with E-state index < -0.39 is 0 Å². The summed E-state index contributed by atoms with van der Waals surface area (Å²) in [6.07, 6.45) is 7.58. The number of nitrogens with zero attached hydrogens (tertiary/aromatic N) is 1. The number of piperidine rings is 1. The Balaban J connectivity index is 1.85. The van der Waals surface area contributed by atoms with Crippen molar-refractivity contribution < 1.29 is 9.53 Å². The lowest BCUT2D eigenvalue weighted by atomic mass is 9.91. The van der Waals surface area contributed by atoms with E-state index in [1.165, 1.54) is 52.3 Å². The van der Waals surface area contributed by atoms with Crippen LogP contribution in [-0.4, -0.2) is 43.8 Å². The highest BCUT2D eigenvalue weighted by atomic mass is 16.5. The molecule has 1 saturated carbocycles. The van der Waals surface area contributed by atoms with Crippen LogP contribution in [0.1, 0.15) is 45.4 Å². The Morgan fingerprint density at radius 3 is 2.63 bits per heavy atom. The van der Waals surface area contributed by atoms with Crippen molar-refractivity contribution in [2.24, 2.45) is 11.8 Å². The molecule has 2 aliphatic rings. The summed E-state index contributed by atoms with van der Waals surface area (Å²) >= 11 is 0. The summed E-state index contributed by atoms with van der Waals surface area (Å²) in [5.74, 6) is 1.59. The lowest BCUT2D eigenvalue weighted by molar-refractivity contribution is 0.111. The number of likely N-dealkylation sites (tertiary alicyclic amines) is 1. The van der Waals surface area contributed by atoms with Crippen molar-refractivity contribution >= 4 is 6.09 Å². The van der Waals surface area contributed by atoms with Gasteiger partial charge in [0.05, 0.1) is 7.11 Å². The minimum absolute atomic E-state index is 0.257. The number of amides is 1. The number of methoxy groups -OCH3 is 1. The van der Waals surface area contributed by atoms with Crippen LogP contribution in [0.25, 0.3) is 0 Å². The van der Waals surface area contributed by atoms with Crippen LogP contribution < -0.4 is 5.32 Å². The quantitative estimate of drug-likeness (QED) is 0.852. The lowest BCUT2D eigenvalue weighted by Crippen LogP contribution is -2.51. The molecule has 1 saturated heterocycles. The maximum absolute atomic E-state index is 11.4. The molecular formula is C15H28N2O2. The van der Waals surface area contributed by atoms with Crippen molar-refractivity contribution in [1.82, 2.24) is 10.2 Å². The summed E-state index contributed by atoms with van der Waals surface area (Å²) in [5, 5.41) is 2.98. The van der Waals surface area contributed by atoms with E-state index in [2.05, 4.69) is 17.1 Å². The molecule has 19 heavy (non-hydrogen) atoms. The smallest absolute Gasteiger partial charge is 0.407 e. The lowest BCUT2D eigenvalue weighted by Gasteiger charge is -2.38. The van der Waals surface area contributed by atoms with Gasteiger partial charge >= 0.3 is 6.09 Å². The third kappa shape index (κ3) is 4.37. The van der Waals surface area contributed by atoms with Crippen LogP contribution in [0, 0.1) is 11.8 Å². The number of carbonyl (C=O) groups excluding carboxylic acids is 1. The van der Waals surface area contributed by atoms with Gasteiger partial charge in [-0.3, -0.25) is 0 Å². The molecule has 1 heterocycles. The highest BCUT2D eigenvalue weighted by Crippen LogP contribution is 2.28. The molecule has 2 rings (SSSR count). The van der Waals surface area contributed by atoms with Gasteiger partial charge in [-0.25, -0.2) is 4.79 Å². The molecule has 4 nitrogen and oxygen atoms in total. The van der Waals surface area contributed by atoms with Crippen LogP contribution in [0.2, 0.25) is 0 Å². The third-order valence-corrected chi connectivity index (χ3v) is 4.69. The molecule has 1 N–H and O–H groups in total. The van der Waals surface area contributed by atoms with Gasteiger partial charge in [0.1, 0.15) is 0 Å². The normalized spacial score (nSPS) is 29.4. The van der Waals surface area contributed by atoms with E-state index in [0.717, 1.165) is 18.9 Å². The zero-order valence-electron chi connectivity index (χ0n) is 12.4. The van der Waals surface area contributed by atoms with Crippen LogP contribution in [0.3, 0.4) is 0 Å². The first-order chi connectivity index (χ1) is 9.21. The second kappa shape index (κ2) is 7.13. The average Bonchev–Trinajstić information content (AvgIpc) is 2.91. The van der Waals surface area contributed by atoms with E-state index >= 15 is 0 Å². The fourth-order valence-corrected chi connectivity index (χ4v) is 3.64. The standard InChI is InChI=1S/C15H28N2O2/c1-3-12-8-14(16-15(18)19-2)11-17(9-12)10-13-6-4-5-7-13/h12-14H,3-11H2,1-2H3,(H,16,18). The van der Waals surface area contributed by atoms with Crippen molar-refractivity contribution in [3.05, 3.63) is 0 Å². The number of hydrogen-bond acceptors (Lipinski definition) is 3. The largest absolute Gasteiger partial charge is 0.453 e. The molecule has 0 aromatic rings. The highest BCUT2D eigenvalue weighted by molar-refractivity contribution is 5.67. The average molecular weight is 268 g/mol. The van der Waals surface area contributed by atoms with E-state index in [1.807, 2.05) is 0 Å². The van der Waals surface area contributed by atoms with Crippen molar-refractivity contribution in [1.29, 1.82) is 0 Å². The van der Waals surface area contributed by atoms with Gasteiger partial charge in [-0.1, -0.05) is 26.2 Å². The molecule has 0 aromatic heterocycles. The summed E-state index contributed by atoms with van der Waals surface area (Å²) in [7, 11) is 1.44. The van der Waals surface area contributed by atoms with Crippen molar-refractivity contribution in [2.45, 2.75) is 51.5 Å². The predicted octanol–water partition coefficient (Wildman–Crippen LogP) is 2.63. The molecule has 1 aliphatic carbocycles. The highest BCUT2D eigenvalue weighted by Gasteiger charge is 2.29. The molecule has 4 heteroatoms. The maximum Gasteiger partial charge on any atom is 0.407 e. The predicted molar refractivity (Wildman–Crippen MR) is 76.1 cm³/mol. The third-order valence-electron chi connectivity index (χ3n) is 4.69. The fourth-order valence-electron chi connectivity index (χ4n) is 3.64. The summed E-state index contributed by atoms with van der Waals surface area (Å²) in [4.78, 5) is 13.9. The zero-order chi connectivity index (χ0) is 13.7.